The second-order valence-corrected chi connectivity index (χ2v) is 6.75. The second-order valence-electron chi connectivity index (χ2n) is 5.86. The number of rotatable bonds is 7. The van der Waals surface area contributed by atoms with Crippen LogP contribution in [0.2, 0.25) is 0 Å². The van der Waals surface area contributed by atoms with Gasteiger partial charge in [-0.15, -0.1) is 11.3 Å². The first kappa shape index (κ1) is 15.0. The molecule has 19 heavy (non-hydrogen) atoms. The second kappa shape index (κ2) is 8.01. The van der Waals surface area contributed by atoms with E-state index in [1.54, 1.807) is 0 Å². The van der Waals surface area contributed by atoms with Crippen LogP contribution < -0.4 is 5.32 Å². The molecule has 1 aromatic heterocycles. The quantitative estimate of drug-likeness (QED) is 0.731. The molecule has 0 atom stereocenters. The van der Waals surface area contributed by atoms with Gasteiger partial charge in [0.1, 0.15) is 0 Å². The van der Waals surface area contributed by atoms with E-state index in [1.165, 1.54) is 55.6 Å². The molecule has 1 aromatic rings. The van der Waals surface area contributed by atoms with E-state index in [0.717, 1.165) is 24.9 Å². The molecule has 2 rings (SSSR count). The lowest BCUT2D eigenvalue weighted by Gasteiger charge is -2.26. The summed E-state index contributed by atoms with van der Waals surface area (Å²) in [5.74, 6) is 1.74. The van der Waals surface area contributed by atoms with Crippen LogP contribution in [-0.4, -0.2) is 11.5 Å². The van der Waals surface area contributed by atoms with Crippen LogP contribution in [0.1, 0.15) is 75.4 Å². The molecule has 1 saturated carbocycles. The summed E-state index contributed by atoms with van der Waals surface area (Å²) < 4.78 is 0. The maximum Gasteiger partial charge on any atom is 0.0959 e. The summed E-state index contributed by atoms with van der Waals surface area (Å²) in [4.78, 5) is 4.83. The van der Waals surface area contributed by atoms with E-state index in [9.17, 15) is 0 Å². The van der Waals surface area contributed by atoms with Gasteiger partial charge in [0.15, 0.2) is 0 Å². The van der Waals surface area contributed by atoms with Gasteiger partial charge in [0, 0.05) is 17.8 Å². The average Bonchev–Trinajstić information content (AvgIpc) is 2.89. The molecule has 3 heteroatoms. The van der Waals surface area contributed by atoms with Crippen molar-refractivity contribution in [1.29, 1.82) is 0 Å². The molecule has 1 aliphatic rings. The monoisotopic (exact) mass is 280 g/mol. The maximum atomic E-state index is 4.83. The fourth-order valence-electron chi connectivity index (χ4n) is 3.09. The van der Waals surface area contributed by atoms with Gasteiger partial charge in [0.25, 0.3) is 0 Å². The minimum Gasteiger partial charge on any atom is -0.311 e. The lowest BCUT2D eigenvalue weighted by atomic mass is 9.80. The van der Waals surface area contributed by atoms with Gasteiger partial charge in [-0.1, -0.05) is 26.7 Å². The van der Waals surface area contributed by atoms with Gasteiger partial charge < -0.3 is 5.32 Å². The molecule has 0 amide bonds. The molecule has 0 bridgehead atoms. The zero-order chi connectivity index (χ0) is 13.5. The number of hydrogen-bond donors (Lipinski definition) is 1. The van der Waals surface area contributed by atoms with E-state index in [1.807, 2.05) is 11.3 Å². The van der Waals surface area contributed by atoms with Gasteiger partial charge in [-0.05, 0) is 44.6 Å². The standard InChI is InChI=1S/C16H28N2S/c1-3-5-13-6-8-14(9-7-13)16-18-15(12-19-16)11-17-10-4-2/h12-14,17H,3-11H2,1-2H3. The highest BCUT2D eigenvalue weighted by Crippen LogP contribution is 2.38. The van der Waals surface area contributed by atoms with Crippen LogP contribution in [0.5, 0.6) is 0 Å². The van der Waals surface area contributed by atoms with Gasteiger partial charge in [0.2, 0.25) is 0 Å². The van der Waals surface area contributed by atoms with Gasteiger partial charge in [0.05, 0.1) is 10.7 Å². The van der Waals surface area contributed by atoms with E-state index < -0.39 is 0 Å². The predicted octanol–water partition coefficient (Wildman–Crippen LogP) is 4.72. The van der Waals surface area contributed by atoms with Crippen molar-refractivity contribution in [3.8, 4) is 0 Å². The third-order valence-electron chi connectivity index (χ3n) is 4.20. The van der Waals surface area contributed by atoms with Crippen LogP contribution >= 0.6 is 11.3 Å². The normalized spacial score (nSPS) is 23.7. The highest BCUT2D eigenvalue weighted by molar-refractivity contribution is 7.09. The molecule has 108 valence electrons. The van der Waals surface area contributed by atoms with Crippen LogP contribution in [0.25, 0.3) is 0 Å². The Morgan fingerprint density at radius 2 is 2.00 bits per heavy atom. The first-order valence-corrected chi connectivity index (χ1v) is 8.86. The van der Waals surface area contributed by atoms with E-state index >= 15 is 0 Å². The Hall–Kier alpha value is -0.410. The van der Waals surface area contributed by atoms with Crippen molar-refractivity contribution in [1.82, 2.24) is 10.3 Å². The molecule has 0 aliphatic heterocycles. The maximum absolute atomic E-state index is 4.83. The van der Waals surface area contributed by atoms with Crippen molar-refractivity contribution in [3.63, 3.8) is 0 Å². The van der Waals surface area contributed by atoms with Crippen LogP contribution in [-0.2, 0) is 6.54 Å². The number of hydrogen-bond acceptors (Lipinski definition) is 3. The van der Waals surface area contributed by atoms with Gasteiger partial charge in [-0.2, -0.15) is 0 Å². The third kappa shape index (κ3) is 4.57. The summed E-state index contributed by atoms with van der Waals surface area (Å²) in [7, 11) is 0. The fraction of sp³-hybridized carbons (Fsp3) is 0.812. The predicted molar refractivity (Wildman–Crippen MR) is 83.7 cm³/mol. The molecule has 0 unspecified atom stereocenters. The molecule has 1 aliphatic carbocycles. The summed E-state index contributed by atoms with van der Waals surface area (Å²) in [5, 5.41) is 7.07. The molecule has 1 N–H and O–H groups in total. The average molecular weight is 280 g/mol. The van der Waals surface area contributed by atoms with Crippen molar-refractivity contribution >= 4 is 11.3 Å². The molecular weight excluding hydrogens is 252 g/mol. The van der Waals surface area contributed by atoms with Crippen LogP contribution in [0, 0.1) is 5.92 Å². The lowest BCUT2D eigenvalue weighted by Crippen LogP contribution is -2.15. The minimum atomic E-state index is 0.748. The van der Waals surface area contributed by atoms with Gasteiger partial charge in [-0.3, -0.25) is 0 Å². The Labute approximate surface area is 122 Å². The molecule has 0 saturated heterocycles. The Morgan fingerprint density at radius 3 is 2.68 bits per heavy atom. The first-order chi connectivity index (χ1) is 9.33. The number of thiazole rings is 1. The minimum absolute atomic E-state index is 0.748. The molecular formula is C16H28N2S. The van der Waals surface area contributed by atoms with Gasteiger partial charge >= 0.3 is 0 Å². The zero-order valence-corrected chi connectivity index (χ0v) is 13.3. The molecule has 0 spiro atoms. The van der Waals surface area contributed by atoms with Gasteiger partial charge in [-0.25, -0.2) is 4.98 Å². The SMILES string of the molecule is CCCNCc1csc(C2CCC(CCC)CC2)n1. The number of nitrogens with zero attached hydrogens (tertiary/aromatic N) is 1. The summed E-state index contributed by atoms with van der Waals surface area (Å²) in [6.07, 6.45) is 9.53. The van der Waals surface area contributed by atoms with E-state index in [0.29, 0.717) is 0 Å². The Morgan fingerprint density at radius 1 is 1.21 bits per heavy atom. The summed E-state index contributed by atoms with van der Waals surface area (Å²) >= 11 is 1.88. The Bertz CT molecular complexity index is 353. The number of aromatic nitrogens is 1. The highest BCUT2D eigenvalue weighted by atomic mass is 32.1. The van der Waals surface area contributed by atoms with E-state index in [4.69, 9.17) is 4.98 Å². The first-order valence-electron chi connectivity index (χ1n) is 7.98. The van der Waals surface area contributed by atoms with Crippen LogP contribution in [0.15, 0.2) is 5.38 Å². The van der Waals surface area contributed by atoms with E-state index in [2.05, 4.69) is 24.5 Å². The number of nitrogens with one attached hydrogen (secondary N) is 1. The van der Waals surface area contributed by atoms with E-state index in [-0.39, 0.29) is 0 Å². The third-order valence-corrected chi connectivity index (χ3v) is 5.25. The summed E-state index contributed by atoms with van der Waals surface area (Å²) in [6, 6.07) is 0. The zero-order valence-electron chi connectivity index (χ0n) is 12.5. The topological polar surface area (TPSA) is 24.9 Å². The molecule has 0 radical (unpaired) electrons. The summed E-state index contributed by atoms with van der Waals surface area (Å²) in [5.41, 5.74) is 1.24. The largest absolute Gasteiger partial charge is 0.311 e. The summed E-state index contributed by atoms with van der Waals surface area (Å²) in [6.45, 7) is 6.54. The van der Waals surface area contributed by atoms with Crippen molar-refractivity contribution in [2.45, 2.75) is 71.3 Å². The fourth-order valence-corrected chi connectivity index (χ4v) is 4.08. The van der Waals surface area contributed by atoms with Crippen molar-refractivity contribution in [2.24, 2.45) is 5.92 Å². The molecule has 1 heterocycles. The molecule has 1 fully saturated rings. The molecule has 2 nitrogen and oxygen atoms in total. The van der Waals surface area contributed by atoms with Crippen molar-refractivity contribution in [2.75, 3.05) is 6.54 Å². The Kier molecular flexibility index (Phi) is 6.32. The van der Waals surface area contributed by atoms with Crippen LogP contribution in [0.4, 0.5) is 0 Å². The van der Waals surface area contributed by atoms with Crippen molar-refractivity contribution in [3.05, 3.63) is 16.1 Å². The van der Waals surface area contributed by atoms with Crippen LogP contribution in [0.3, 0.4) is 0 Å². The van der Waals surface area contributed by atoms with Crippen molar-refractivity contribution < 1.29 is 0 Å². The molecule has 0 aromatic carbocycles. The Balaban J connectivity index is 1.79. The lowest BCUT2D eigenvalue weighted by molar-refractivity contribution is 0.308. The highest BCUT2D eigenvalue weighted by Gasteiger charge is 2.23. The smallest absolute Gasteiger partial charge is 0.0959 e.